The van der Waals surface area contributed by atoms with Crippen molar-refractivity contribution < 1.29 is 0 Å². The summed E-state index contributed by atoms with van der Waals surface area (Å²) in [4.78, 5) is 0. The van der Waals surface area contributed by atoms with Crippen molar-refractivity contribution in [3.8, 4) is 12.1 Å². The molecule has 0 aromatic carbocycles. The van der Waals surface area contributed by atoms with Crippen molar-refractivity contribution in [2.75, 3.05) is 0 Å². The Balaban J connectivity index is 4.03. The van der Waals surface area contributed by atoms with E-state index in [2.05, 4.69) is 0 Å². The van der Waals surface area contributed by atoms with E-state index in [1.807, 2.05) is 12.1 Å². The molecule has 0 aliphatic carbocycles. The van der Waals surface area contributed by atoms with Gasteiger partial charge in [-0.25, -0.2) is 0 Å². The molecular weight excluding hydrogens is 112 g/mol. The van der Waals surface area contributed by atoms with Gasteiger partial charge in [0.1, 0.15) is 0 Å². The SMILES string of the molecule is CC(C#N)=CC(C)C#N. The lowest BCUT2D eigenvalue weighted by molar-refractivity contribution is 0.947. The summed E-state index contributed by atoms with van der Waals surface area (Å²) < 4.78 is 0. The number of nitrogens with zero attached hydrogens (tertiary/aromatic N) is 2. The molecule has 0 spiro atoms. The highest BCUT2D eigenvalue weighted by Gasteiger charge is 1.92. The fourth-order valence-electron chi connectivity index (χ4n) is 0.450. The van der Waals surface area contributed by atoms with Gasteiger partial charge in [0.05, 0.1) is 18.1 Å². The van der Waals surface area contributed by atoms with Gasteiger partial charge in [0.25, 0.3) is 0 Å². The smallest absolute Gasteiger partial charge is 0.0941 e. The topological polar surface area (TPSA) is 47.6 Å². The third-order valence-corrected chi connectivity index (χ3v) is 0.880. The molecule has 0 radical (unpaired) electrons. The zero-order chi connectivity index (χ0) is 7.28. The first kappa shape index (κ1) is 7.72. The average molecular weight is 120 g/mol. The fraction of sp³-hybridized carbons (Fsp3) is 0.429. The Bertz CT molecular complexity index is 190. The lowest BCUT2D eigenvalue weighted by Gasteiger charge is -1.88. The molecule has 2 heteroatoms. The van der Waals surface area contributed by atoms with Crippen LogP contribution in [0, 0.1) is 28.6 Å². The first-order chi connectivity index (χ1) is 4.20. The third kappa shape index (κ3) is 3.32. The van der Waals surface area contributed by atoms with Crippen LogP contribution in [0.3, 0.4) is 0 Å². The predicted molar refractivity (Wildman–Crippen MR) is 34.1 cm³/mol. The van der Waals surface area contributed by atoms with Gasteiger partial charge >= 0.3 is 0 Å². The monoisotopic (exact) mass is 120 g/mol. The van der Waals surface area contributed by atoms with E-state index in [1.54, 1.807) is 19.9 Å². The Morgan fingerprint density at radius 3 is 2.44 bits per heavy atom. The summed E-state index contributed by atoms with van der Waals surface area (Å²) in [6.45, 7) is 3.44. The van der Waals surface area contributed by atoms with Crippen molar-refractivity contribution in [2.45, 2.75) is 13.8 Å². The van der Waals surface area contributed by atoms with Gasteiger partial charge in [-0.05, 0) is 13.8 Å². The van der Waals surface area contributed by atoms with Crippen LogP contribution < -0.4 is 0 Å². The van der Waals surface area contributed by atoms with Gasteiger partial charge in [-0.15, -0.1) is 0 Å². The summed E-state index contributed by atoms with van der Waals surface area (Å²) in [6.07, 6.45) is 1.64. The van der Waals surface area contributed by atoms with Gasteiger partial charge < -0.3 is 0 Å². The molecule has 1 atom stereocenters. The van der Waals surface area contributed by atoms with Crippen LogP contribution in [0.1, 0.15) is 13.8 Å². The molecule has 1 unspecified atom stereocenters. The molecule has 0 amide bonds. The summed E-state index contributed by atoms with van der Waals surface area (Å²) in [7, 11) is 0. The van der Waals surface area contributed by atoms with Crippen LogP contribution in [0.15, 0.2) is 11.6 Å². The van der Waals surface area contributed by atoms with E-state index in [9.17, 15) is 0 Å². The zero-order valence-corrected chi connectivity index (χ0v) is 5.55. The largest absolute Gasteiger partial charge is 0.198 e. The number of allylic oxidation sites excluding steroid dienone is 2. The van der Waals surface area contributed by atoms with E-state index in [0.29, 0.717) is 5.57 Å². The lowest BCUT2D eigenvalue weighted by Crippen LogP contribution is -1.83. The van der Waals surface area contributed by atoms with Crippen LogP contribution in [0.4, 0.5) is 0 Å². The molecule has 0 saturated heterocycles. The van der Waals surface area contributed by atoms with Crippen LogP contribution in [0.2, 0.25) is 0 Å². The molecule has 0 aliphatic rings. The Hall–Kier alpha value is -1.28. The molecule has 46 valence electrons. The minimum Gasteiger partial charge on any atom is -0.198 e. The third-order valence-electron chi connectivity index (χ3n) is 0.880. The summed E-state index contributed by atoms with van der Waals surface area (Å²) in [5.41, 5.74) is 0.601. The summed E-state index contributed by atoms with van der Waals surface area (Å²) in [6, 6.07) is 3.94. The summed E-state index contributed by atoms with van der Waals surface area (Å²) >= 11 is 0. The first-order valence-corrected chi connectivity index (χ1v) is 2.69. The molecule has 9 heavy (non-hydrogen) atoms. The van der Waals surface area contributed by atoms with Gasteiger partial charge in [-0.1, -0.05) is 6.08 Å². The van der Waals surface area contributed by atoms with Crippen LogP contribution in [0.25, 0.3) is 0 Å². The predicted octanol–water partition coefficient (Wildman–Crippen LogP) is 1.62. The van der Waals surface area contributed by atoms with Gasteiger partial charge in [0.15, 0.2) is 0 Å². The number of hydrogen-bond acceptors (Lipinski definition) is 2. The van der Waals surface area contributed by atoms with E-state index in [1.165, 1.54) is 0 Å². The fourth-order valence-corrected chi connectivity index (χ4v) is 0.450. The Morgan fingerprint density at radius 1 is 1.56 bits per heavy atom. The van der Waals surface area contributed by atoms with Crippen LogP contribution >= 0.6 is 0 Å². The minimum absolute atomic E-state index is 0.148. The maximum absolute atomic E-state index is 8.28. The van der Waals surface area contributed by atoms with E-state index >= 15 is 0 Å². The number of rotatable bonds is 1. The van der Waals surface area contributed by atoms with E-state index in [0.717, 1.165) is 0 Å². The van der Waals surface area contributed by atoms with Crippen molar-refractivity contribution in [1.29, 1.82) is 10.5 Å². The van der Waals surface area contributed by atoms with Gasteiger partial charge in [-0.2, -0.15) is 10.5 Å². The van der Waals surface area contributed by atoms with Crippen molar-refractivity contribution in [3.63, 3.8) is 0 Å². The second kappa shape index (κ2) is 3.69. The Kier molecular flexibility index (Phi) is 3.16. The van der Waals surface area contributed by atoms with Crippen molar-refractivity contribution in [1.82, 2.24) is 0 Å². The molecule has 2 nitrogen and oxygen atoms in total. The molecule has 0 rings (SSSR count). The number of hydrogen-bond donors (Lipinski definition) is 0. The molecular formula is C7H8N2. The van der Waals surface area contributed by atoms with Gasteiger partial charge in [0, 0.05) is 5.57 Å². The van der Waals surface area contributed by atoms with Crippen LogP contribution in [0.5, 0.6) is 0 Å². The Labute approximate surface area is 55.0 Å². The van der Waals surface area contributed by atoms with E-state index in [-0.39, 0.29) is 5.92 Å². The maximum atomic E-state index is 8.28. The Morgan fingerprint density at radius 2 is 2.11 bits per heavy atom. The highest BCUT2D eigenvalue weighted by atomic mass is 14.3. The lowest BCUT2D eigenvalue weighted by atomic mass is 10.1. The minimum atomic E-state index is -0.148. The summed E-state index contributed by atoms with van der Waals surface area (Å²) in [5.74, 6) is -0.148. The van der Waals surface area contributed by atoms with Crippen LogP contribution in [-0.2, 0) is 0 Å². The molecule has 0 aliphatic heterocycles. The van der Waals surface area contributed by atoms with Crippen LogP contribution in [-0.4, -0.2) is 0 Å². The molecule has 0 saturated carbocycles. The van der Waals surface area contributed by atoms with Gasteiger partial charge in [-0.3, -0.25) is 0 Å². The zero-order valence-electron chi connectivity index (χ0n) is 5.55. The maximum Gasteiger partial charge on any atom is 0.0941 e. The molecule has 0 aromatic heterocycles. The standard InChI is InChI=1S/C7H8N2/c1-6(4-8)3-7(2)5-9/h3,6H,1-2H3. The second-order valence-corrected chi connectivity index (χ2v) is 1.88. The highest BCUT2D eigenvalue weighted by Crippen LogP contribution is 1.98. The first-order valence-electron chi connectivity index (χ1n) is 2.69. The molecule has 0 fully saturated rings. The highest BCUT2D eigenvalue weighted by molar-refractivity contribution is 5.20. The van der Waals surface area contributed by atoms with E-state index in [4.69, 9.17) is 10.5 Å². The number of nitriles is 2. The molecule has 0 heterocycles. The molecule has 0 aromatic rings. The summed E-state index contributed by atoms with van der Waals surface area (Å²) in [5, 5.41) is 16.5. The van der Waals surface area contributed by atoms with Crippen molar-refractivity contribution in [2.24, 2.45) is 5.92 Å². The van der Waals surface area contributed by atoms with E-state index < -0.39 is 0 Å². The normalized spacial score (nSPS) is 13.6. The van der Waals surface area contributed by atoms with Crippen molar-refractivity contribution >= 4 is 0 Å². The molecule has 0 bridgehead atoms. The quantitative estimate of drug-likeness (QED) is 0.493. The van der Waals surface area contributed by atoms with Crippen molar-refractivity contribution in [3.05, 3.63) is 11.6 Å². The average Bonchev–Trinajstić information content (AvgIpc) is 1.87. The van der Waals surface area contributed by atoms with Gasteiger partial charge in [0.2, 0.25) is 0 Å². The molecule has 0 N–H and O–H groups in total. The second-order valence-electron chi connectivity index (χ2n) is 1.88.